The maximum absolute atomic E-state index is 13.0. The summed E-state index contributed by atoms with van der Waals surface area (Å²) in [6, 6.07) is 8.17. The van der Waals surface area contributed by atoms with Gasteiger partial charge in [0.15, 0.2) is 11.5 Å². The molecule has 2 aromatic heterocycles. The van der Waals surface area contributed by atoms with Gasteiger partial charge in [0.25, 0.3) is 0 Å². The van der Waals surface area contributed by atoms with Crippen LogP contribution in [0.4, 0.5) is 11.8 Å². The number of carboxylic acid groups (broad SMARTS) is 1. The number of rotatable bonds is 6. The van der Waals surface area contributed by atoms with E-state index in [1.807, 2.05) is 12.1 Å². The summed E-state index contributed by atoms with van der Waals surface area (Å²) in [5.74, 6) is 5.75. The number of aromatic nitrogens is 3. The highest BCUT2D eigenvalue weighted by molar-refractivity contribution is 5.93. The highest BCUT2D eigenvalue weighted by Crippen LogP contribution is 2.33. The largest absolute Gasteiger partial charge is 0.493 e. The van der Waals surface area contributed by atoms with Crippen LogP contribution in [0.3, 0.4) is 0 Å². The van der Waals surface area contributed by atoms with E-state index in [4.69, 9.17) is 25.7 Å². The van der Waals surface area contributed by atoms with Crippen LogP contribution in [0.5, 0.6) is 11.5 Å². The maximum atomic E-state index is 13.0. The lowest BCUT2D eigenvalue weighted by atomic mass is 10.0. The molecule has 4 aromatic rings. The monoisotopic (exact) mass is 569 g/mol. The van der Waals surface area contributed by atoms with Crippen molar-refractivity contribution in [2.45, 2.75) is 25.3 Å². The van der Waals surface area contributed by atoms with Crippen LogP contribution in [-0.2, 0) is 16.0 Å². The van der Waals surface area contributed by atoms with Gasteiger partial charge in [-0.25, -0.2) is 9.78 Å². The number of nitrogens with two attached hydrogens (primary N) is 2. The van der Waals surface area contributed by atoms with Gasteiger partial charge in [0, 0.05) is 47.8 Å². The van der Waals surface area contributed by atoms with E-state index in [1.54, 1.807) is 29.0 Å². The van der Waals surface area contributed by atoms with E-state index in [0.717, 1.165) is 5.56 Å². The van der Waals surface area contributed by atoms with Crippen molar-refractivity contribution in [3.05, 3.63) is 80.8 Å². The van der Waals surface area contributed by atoms with Crippen molar-refractivity contribution in [2.24, 2.45) is 0 Å². The van der Waals surface area contributed by atoms with E-state index < -0.39 is 11.4 Å². The van der Waals surface area contributed by atoms with Crippen LogP contribution in [0.1, 0.15) is 51.5 Å². The lowest BCUT2D eigenvalue weighted by Gasteiger charge is -2.26. The Morgan fingerprint density at radius 2 is 1.98 bits per heavy atom. The van der Waals surface area contributed by atoms with Gasteiger partial charge >= 0.3 is 11.9 Å². The molecule has 1 aliphatic heterocycles. The lowest BCUT2D eigenvalue weighted by molar-refractivity contribution is -0.148. The number of esters is 1. The molecular formula is C30H27N5O7. The number of benzene rings is 2. The van der Waals surface area contributed by atoms with Gasteiger partial charge in [-0.05, 0) is 35.9 Å². The maximum Gasteiger partial charge on any atom is 0.341 e. The fourth-order valence-electron chi connectivity index (χ4n) is 4.93. The van der Waals surface area contributed by atoms with E-state index >= 15 is 0 Å². The predicted molar refractivity (Wildman–Crippen MR) is 154 cm³/mol. The van der Waals surface area contributed by atoms with E-state index in [-0.39, 0.29) is 47.8 Å². The van der Waals surface area contributed by atoms with Crippen LogP contribution >= 0.6 is 0 Å². The molecule has 3 heterocycles. The van der Waals surface area contributed by atoms with Gasteiger partial charge in [0.05, 0.1) is 38.3 Å². The first-order chi connectivity index (χ1) is 20.2. The summed E-state index contributed by atoms with van der Waals surface area (Å²) < 4.78 is 17.9. The van der Waals surface area contributed by atoms with Gasteiger partial charge in [-0.15, -0.1) is 0 Å². The number of carboxylic acids is 1. The fraction of sp³-hybridized carbons (Fsp3) is 0.233. The molecule has 2 aromatic carbocycles. The molecular weight excluding hydrogens is 542 g/mol. The molecule has 1 unspecified atom stereocenters. The second kappa shape index (κ2) is 11.5. The van der Waals surface area contributed by atoms with E-state index in [1.165, 1.54) is 20.4 Å². The van der Waals surface area contributed by atoms with Crippen LogP contribution in [0.25, 0.3) is 10.9 Å². The number of fused-ring (bicyclic) bond motifs is 1. The summed E-state index contributed by atoms with van der Waals surface area (Å²) in [7, 11) is 3.03. The molecule has 5 N–H and O–H groups in total. The van der Waals surface area contributed by atoms with Crippen LogP contribution in [0.15, 0.2) is 47.5 Å². The molecule has 5 rings (SSSR count). The number of cyclic esters (lactones) is 1. The first-order valence-corrected chi connectivity index (χ1v) is 12.9. The minimum atomic E-state index is -1.34. The standard InChI is InChI=1S/C30H27N5O7/c1-40-24-12-17(10-19-14-33-30(32)34-28(19)31)9-18(27(24)41-2)5-3-16-4-6-21-23(11-16)35(15-22(26(21)37)29(38)39)20-7-8-42-25(36)13-20/h4,6,9,11-12,14-15,20H,7-8,10,13H2,1-2H3,(H,38,39)(H4,31,32,33,34). The molecule has 12 heteroatoms. The Morgan fingerprint density at radius 3 is 2.67 bits per heavy atom. The number of nitrogens with zero attached hydrogens (tertiary/aromatic N) is 3. The molecule has 0 radical (unpaired) electrons. The van der Waals surface area contributed by atoms with Gasteiger partial charge < -0.3 is 35.4 Å². The van der Waals surface area contributed by atoms with Gasteiger partial charge in [-0.3, -0.25) is 9.59 Å². The van der Waals surface area contributed by atoms with Crippen LogP contribution in [-0.4, -0.2) is 52.4 Å². The summed E-state index contributed by atoms with van der Waals surface area (Å²) in [4.78, 5) is 44.8. The van der Waals surface area contributed by atoms with Crippen LogP contribution in [0.2, 0.25) is 0 Å². The average molecular weight is 570 g/mol. The first-order valence-electron chi connectivity index (χ1n) is 12.9. The zero-order valence-corrected chi connectivity index (χ0v) is 22.8. The molecule has 1 fully saturated rings. The molecule has 0 amide bonds. The lowest BCUT2D eigenvalue weighted by Crippen LogP contribution is -2.27. The SMILES string of the molecule is COc1cc(Cc2cnc(N)nc2N)cc(C#Cc2ccc3c(=O)c(C(=O)O)cn(C4CCOC(=O)C4)c3c2)c1OC. The molecule has 42 heavy (non-hydrogen) atoms. The van der Waals surface area contributed by atoms with E-state index in [0.29, 0.717) is 46.5 Å². The second-order valence-corrected chi connectivity index (χ2v) is 9.63. The Labute approximate surface area is 239 Å². The summed E-state index contributed by atoms with van der Waals surface area (Å²) in [5, 5.41) is 9.84. The molecule has 1 aliphatic rings. The number of ether oxygens (including phenoxy) is 3. The Hall–Kier alpha value is -5.57. The molecule has 1 saturated heterocycles. The smallest absolute Gasteiger partial charge is 0.341 e. The number of aromatic carboxylic acids is 1. The van der Waals surface area contributed by atoms with Crippen molar-refractivity contribution in [3.63, 3.8) is 0 Å². The van der Waals surface area contributed by atoms with Crippen LogP contribution < -0.4 is 26.4 Å². The number of methoxy groups -OCH3 is 2. The Balaban J connectivity index is 1.60. The Bertz CT molecular complexity index is 1860. The number of hydrogen-bond donors (Lipinski definition) is 3. The number of carbonyl (C=O) groups is 2. The number of hydrogen-bond acceptors (Lipinski definition) is 10. The average Bonchev–Trinajstić information content (AvgIpc) is 2.97. The Morgan fingerprint density at radius 1 is 1.17 bits per heavy atom. The number of pyridine rings is 1. The van der Waals surface area contributed by atoms with E-state index in [2.05, 4.69) is 21.8 Å². The normalized spacial score (nSPS) is 14.5. The summed E-state index contributed by atoms with van der Waals surface area (Å²) in [5.41, 5.74) is 13.7. The third-order valence-electron chi connectivity index (χ3n) is 6.96. The van der Waals surface area contributed by atoms with Crippen molar-refractivity contribution in [2.75, 3.05) is 32.3 Å². The molecule has 12 nitrogen and oxygen atoms in total. The number of carbonyl (C=O) groups excluding carboxylic acids is 1. The zero-order chi connectivity index (χ0) is 30.0. The van der Waals surface area contributed by atoms with E-state index in [9.17, 15) is 19.5 Å². The summed E-state index contributed by atoms with van der Waals surface area (Å²) in [6.07, 6.45) is 3.78. The Kier molecular flexibility index (Phi) is 7.66. The van der Waals surface area contributed by atoms with Gasteiger partial charge in [0.2, 0.25) is 11.4 Å². The number of anilines is 2. The first kappa shape index (κ1) is 28.0. The molecule has 1 atom stereocenters. The van der Waals surface area contributed by atoms with Crippen molar-refractivity contribution in [1.29, 1.82) is 0 Å². The molecule has 0 bridgehead atoms. The number of nitrogen functional groups attached to an aromatic ring is 2. The topological polar surface area (TPSA) is 182 Å². The van der Waals surface area contributed by atoms with Crippen molar-refractivity contribution < 1.29 is 28.9 Å². The van der Waals surface area contributed by atoms with Gasteiger partial charge in [-0.2, -0.15) is 4.98 Å². The highest BCUT2D eigenvalue weighted by atomic mass is 16.5. The van der Waals surface area contributed by atoms with Crippen molar-refractivity contribution >= 4 is 34.6 Å². The third kappa shape index (κ3) is 5.53. The van der Waals surface area contributed by atoms with Crippen molar-refractivity contribution in [3.8, 4) is 23.3 Å². The highest BCUT2D eigenvalue weighted by Gasteiger charge is 2.25. The fourth-order valence-corrected chi connectivity index (χ4v) is 4.93. The molecule has 0 spiro atoms. The predicted octanol–water partition coefficient (Wildman–Crippen LogP) is 2.54. The zero-order valence-electron chi connectivity index (χ0n) is 22.8. The minimum Gasteiger partial charge on any atom is -0.493 e. The second-order valence-electron chi connectivity index (χ2n) is 9.63. The van der Waals surface area contributed by atoms with Gasteiger partial charge in [0.1, 0.15) is 11.4 Å². The molecule has 0 aliphatic carbocycles. The molecule has 0 saturated carbocycles. The molecule has 214 valence electrons. The third-order valence-corrected chi connectivity index (χ3v) is 6.96. The van der Waals surface area contributed by atoms with Crippen LogP contribution in [0, 0.1) is 11.8 Å². The summed E-state index contributed by atoms with van der Waals surface area (Å²) >= 11 is 0. The van der Waals surface area contributed by atoms with Gasteiger partial charge in [-0.1, -0.05) is 11.8 Å². The summed E-state index contributed by atoms with van der Waals surface area (Å²) in [6.45, 7) is 0.200. The quantitative estimate of drug-likeness (QED) is 0.229. The van der Waals surface area contributed by atoms with Crippen molar-refractivity contribution in [1.82, 2.24) is 14.5 Å². The minimum absolute atomic E-state index is 0.0558.